The van der Waals surface area contributed by atoms with Crippen molar-refractivity contribution in [2.24, 2.45) is 7.05 Å². The molecule has 0 bridgehead atoms. The van der Waals surface area contributed by atoms with Crippen LogP contribution in [0.3, 0.4) is 0 Å². The fourth-order valence-corrected chi connectivity index (χ4v) is 1.58. The van der Waals surface area contributed by atoms with E-state index in [4.69, 9.17) is 0 Å². The van der Waals surface area contributed by atoms with Gasteiger partial charge in [-0.05, 0) is 6.92 Å². The minimum atomic E-state index is -1.72. The Kier molecular flexibility index (Phi) is 3.36. The Morgan fingerprint density at radius 1 is 1.16 bits per heavy atom. The molecule has 1 N–H and O–H groups in total. The van der Waals surface area contributed by atoms with Crippen LogP contribution in [0.2, 0.25) is 0 Å². The van der Waals surface area contributed by atoms with Crippen LogP contribution in [0.25, 0.3) is 0 Å². The predicted octanol–water partition coefficient (Wildman–Crippen LogP) is 1.94. The van der Waals surface area contributed by atoms with Gasteiger partial charge in [0.05, 0.1) is 6.04 Å². The van der Waals surface area contributed by atoms with Gasteiger partial charge in [0.25, 0.3) is 11.9 Å². The zero-order valence-electron chi connectivity index (χ0n) is 9.96. The maximum Gasteiger partial charge on any atom is 0.253 e. The van der Waals surface area contributed by atoms with Crippen LogP contribution in [0.4, 0.5) is 23.2 Å². The van der Waals surface area contributed by atoms with Crippen LogP contribution < -0.4 is 5.32 Å². The summed E-state index contributed by atoms with van der Waals surface area (Å²) in [4.78, 5) is 2.46. The van der Waals surface area contributed by atoms with Crippen molar-refractivity contribution >= 4 is 5.69 Å². The van der Waals surface area contributed by atoms with Crippen molar-refractivity contribution in [2.45, 2.75) is 13.0 Å². The molecular weight excluding hydrogens is 266 g/mol. The number of nitrogens with one attached hydrogen (secondary N) is 1. The van der Waals surface area contributed by atoms with Crippen LogP contribution in [0.5, 0.6) is 0 Å². The zero-order valence-corrected chi connectivity index (χ0v) is 9.96. The second kappa shape index (κ2) is 4.82. The molecule has 0 fully saturated rings. The third-order valence-electron chi connectivity index (χ3n) is 2.49. The molecule has 19 heavy (non-hydrogen) atoms. The molecule has 0 amide bonds. The van der Waals surface area contributed by atoms with E-state index in [0.717, 1.165) is 0 Å². The van der Waals surface area contributed by atoms with Crippen molar-refractivity contribution in [1.82, 2.24) is 19.7 Å². The lowest BCUT2D eigenvalue weighted by Crippen LogP contribution is -2.16. The molecule has 0 aliphatic carbocycles. The maximum atomic E-state index is 13.4. The first-order valence-corrected chi connectivity index (χ1v) is 5.22. The number of hydrogen-bond donors (Lipinski definition) is 1. The molecule has 5 nitrogen and oxygen atoms in total. The highest BCUT2D eigenvalue weighted by atomic mass is 19.2. The van der Waals surface area contributed by atoms with Gasteiger partial charge in [0.2, 0.25) is 11.6 Å². The molecule has 0 saturated heterocycles. The Bertz CT molecular complexity index is 586. The van der Waals surface area contributed by atoms with Crippen LogP contribution >= 0.6 is 0 Å². The zero-order chi connectivity index (χ0) is 14.2. The van der Waals surface area contributed by atoms with Crippen molar-refractivity contribution in [1.29, 1.82) is 0 Å². The summed E-state index contributed by atoms with van der Waals surface area (Å²) in [6, 6.07) is -0.710. The lowest BCUT2D eigenvalue weighted by molar-refractivity contribution is 0.409. The number of halogens is 4. The first-order valence-electron chi connectivity index (χ1n) is 5.22. The maximum absolute atomic E-state index is 13.4. The number of hydrogen-bond acceptors (Lipinski definition) is 4. The molecular formula is C10H9F4N5. The van der Waals surface area contributed by atoms with Crippen LogP contribution in [-0.4, -0.2) is 19.7 Å². The van der Waals surface area contributed by atoms with Crippen molar-refractivity contribution in [3.8, 4) is 0 Å². The number of rotatable bonds is 3. The highest BCUT2D eigenvalue weighted by molar-refractivity contribution is 5.46. The average molecular weight is 275 g/mol. The molecule has 1 atom stereocenters. The Hall–Kier alpha value is -2.19. The first kappa shape index (κ1) is 13.2. The van der Waals surface area contributed by atoms with Gasteiger partial charge in [-0.2, -0.15) is 22.5 Å². The molecule has 102 valence electrons. The van der Waals surface area contributed by atoms with Crippen LogP contribution in [0.1, 0.15) is 18.8 Å². The summed E-state index contributed by atoms with van der Waals surface area (Å²) in [5, 5.41) is 9.62. The van der Waals surface area contributed by atoms with E-state index in [1.54, 1.807) is 7.05 Å². The number of anilines is 1. The third-order valence-corrected chi connectivity index (χ3v) is 2.49. The number of nitrogens with zero attached hydrogens (tertiary/aromatic N) is 4. The van der Waals surface area contributed by atoms with Gasteiger partial charge in [-0.3, -0.25) is 0 Å². The molecule has 9 heteroatoms. The normalized spacial score (nSPS) is 12.5. The van der Waals surface area contributed by atoms with E-state index in [2.05, 4.69) is 20.5 Å². The van der Waals surface area contributed by atoms with E-state index in [9.17, 15) is 17.6 Å². The second-order valence-electron chi connectivity index (χ2n) is 3.86. The SMILES string of the molecule is CC(Nc1c(F)c(F)nc(F)c1F)c1nncn1C. The monoisotopic (exact) mass is 275 g/mol. The van der Waals surface area contributed by atoms with Crippen LogP contribution in [-0.2, 0) is 7.05 Å². The van der Waals surface area contributed by atoms with Gasteiger partial charge in [0, 0.05) is 7.05 Å². The molecule has 0 spiro atoms. The van der Waals surface area contributed by atoms with E-state index < -0.39 is 35.3 Å². The Balaban J connectivity index is 2.37. The largest absolute Gasteiger partial charge is 0.370 e. The molecule has 1 unspecified atom stereocenters. The van der Waals surface area contributed by atoms with Gasteiger partial charge >= 0.3 is 0 Å². The standard InChI is InChI=1S/C10H9F4N5/c1-4(10-18-15-3-19(10)2)16-7-5(11)8(13)17-9(14)6(7)12/h3-4H,1-2H3,(H,16,17). The Morgan fingerprint density at radius 2 is 1.74 bits per heavy atom. The number of pyridine rings is 1. The summed E-state index contributed by atoms with van der Waals surface area (Å²) in [6.45, 7) is 1.51. The van der Waals surface area contributed by atoms with Gasteiger partial charge in [-0.25, -0.2) is 0 Å². The number of aromatic nitrogens is 4. The van der Waals surface area contributed by atoms with E-state index in [1.165, 1.54) is 17.8 Å². The molecule has 2 aromatic rings. The van der Waals surface area contributed by atoms with Gasteiger partial charge in [0.1, 0.15) is 12.0 Å². The average Bonchev–Trinajstić information content (AvgIpc) is 2.78. The molecule has 0 aromatic carbocycles. The fraction of sp³-hybridized carbons (Fsp3) is 0.300. The number of aryl methyl sites for hydroxylation is 1. The minimum absolute atomic E-state index is 0.344. The van der Waals surface area contributed by atoms with Crippen molar-refractivity contribution in [3.05, 3.63) is 35.7 Å². The van der Waals surface area contributed by atoms with Crippen LogP contribution in [0.15, 0.2) is 6.33 Å². The van der Waals surface area contributed by atoms with Gasteiger partial charge < -0.3 is 9.88 Å². The van der Waals surface area contributed by atoms with E-state index in [-0.39, 0.29) is 0 Å². The highest BCUT2D eigenvalue weighted by Crippen LogP contribution is 2.25. The molecule has 0 radical (unpaired) electrons. The van der Waals surface area contributed by atoms with E-state index in [0.29, 0.717) is 5.82 Å². The topological polar surface area (TPSA) is 55.6 Å². The lowest BCUT2D eigenvalue weighted by atomic mass is 10.2. The second-order valence-corrected chi connectivity index (χ2v) is 3.86. The summed E-state index contributed by atoms with van der Waals surface area (Å²) < 4.78 is 54.1. The quantitative estimate of drug-likeness (QED) is 0.687. The van der Waals surface area contributed by atoms with Crippen molar-refractivity contribution in [3.63, 3.8) is 0 Å². The van der Waals surface area contributed by atoms with Gasteiger partial charge in [-0.15, -0.1) is 10.2 Å². The van der Waals surface area contributed by atoms with E-state index in [1.807, 2.05) is 0 Å². The van der Waals surface area contributed by atoms with Crippen molar-refractivity contribution in [2.75, 3.05) is 5.32 Å². The van der Waals surface area contributed by atoms with Crippen LogP contribution in [0, 0.1) is 23.5 Å². The molecule has 0 aliphatic heterocycles. The molecule has 2 heterocycles. The molecule has 0 aliphatic rings. The van der Waals surface area contributed by atoms with Crippen molar-refractivity contribution < 1.29 is 17.6 Å². The van der Waals surface area contributed by atoms with E-state index >= 15 is 0 Å². The summed E-state index contributed by atoms with van der Waals surface area (Å²) in [5.41, 5.74) is -0.930. The van der Waals surface area contributed by atoms with Gasteiger partial charge in [-0.1, -0.05) is 0 Å². The molecule has 2 aromatic heterocycles. The summed E-state index contributed by atoms with van der Waals surface area (Å²) in [5.74, 6) is -6.27. The van der Waals surface area contributed by atoms with Gasteiger partial charge in [0.15, 0.2) is 5.82 Å². The smallest absolute Gasteiger partial charge is 0.253 e. The molecule has 0 saturated carbocycles. The minimum Gasteiger partial charge on any atom is -0.370 e. The molecule has 2 rings (SSSR count). The Labute approximate surface area is 105 Å². The predicted molar refractivity (Wildman–Crippen MR) is 57.1 cm³/mol. The Morgan fingerprint density at radius 3 is 2.21 bits per heavy atom. The summed E-state index contributed by atoms with van der Waals surface area (Å²) in [6.07, 6.45) is 1.38. The lowest BCUT2D eigenvalue weighted by Gasteiger charge is -2.15. The first-order chi connectivity index (χ1) is 8.91. The highest BCUT2D eigenvalue weighted by Gasteiger charge is 2.23. The summed E-state index contributed by atoms with van der Waals surface area (Å²) in [7, 11) is 1.62. The fourth-order valence-electron chi connectivity index (χ4n) is 1.58. The third kappa shape index (κ3) is 2.35. The summed E-state index contributed by atoms with van der Waals surface area (Å²) >= 11 is 0.